The van der Waals surface area contributed by atoms with Crippen LogP contribution in [0.2, 0.25) is 0 Å². The topological polar surface area (TPSA) is 70.9 Å². The Bertz CT molecular complexity index is 193. The first kappa shape index (κ1) is 8.99. The molecule has 0 aromatic carbocycles. The van der Waals surface area contributed by atoms with Crippen LogP contribution >= 0.6 is 0 Å². The third-order valence-corrected chi connectivity index (χ3v) is 1.68. The van der Waals surface area contributed by atoms with Crippen LogP contribution in [0.3, 0.4) is 0 Å². The minimum atomic E-state index is -1.09. The molecule has 1 heterocycles. The molecule has 0 unspecified atom stereocenters. The fraction of sp³-hybridized carbons (Fsp3) is 0.714. The maximum Gasteiger partial charge on any atom is 0.350 e. The van der Waals surface area contributed by atoms with Gasteiger partial charge in [0.2, 0.25) is 0 Å². The Morgan fingerprint density at radius 3 is 3.08 bits per heavy atom. The summed E-state index contributed by atoms with van der Waals surface area (Å²) in [4.78, 5) is 14.9. The molecule has 0 bridgehead atoms. The van der Waals surface area contributed by atoms with E-state index in [1.54, 1.807) is 0 Å². The molecule has 1 rings (SSSR count). The van der Waals surface area contributed by atoms with Gasteiger partial charge in [-0.15, -0.1) is 0 Å². The van der Waals surface area contributed by atoms with E-state index in [4.69, 9.17) is 9.94 Å². The van der Waals surface area contributed by atoms with Gasteiger partial charge < -0.3 is 15.3 Å². The van der Waals surface area contributed by atoms with Crippen molar-refractivity contribution in [2.45, 2.75) is 25.5 Å². The number of carbonyl (C=O) groups is 1. The van der Waals surface area contributed by atoms with Gasteiger partial charge in [-0.3, -0.25) is 0 Å². The highest BCUT2D eigenvalue weighted by atomic mass is 16.6. The zero-order valence-electron chi connectivity index (χ0n) is 6.86. The number of carboxylic acid groups (broad SMARTS) is 1. The van der Waals surface area contributed by atoms with E-state index in [-0.39, 0.29) is 6.10 Å². The van der Waals surface area contributed by atoms with Crippen molar-refractivity contribution in [1.82, 2.24) is 5.32 Å². The fourth-order valence-corrected chi connectivity index (χ4v) is 1.14. The van der Waals surface area contributed by atoms with Crippen molar-refractivity contribution in [3.63, 3.8) is 0 Å². The highest BCUT2D eigenvalue weighted by Gasteiger charge is 2.21. The molecule has 1 saturated heterocycles. The highest BCUT2D eigenvalue weighted by molar-refractivity contribution is 6.21. The number of hydrogen-bond donors (Lipinski definition) is 2. The van der Waals surface area contributed by atoms with E-state index < -0.39 is 5.97 Å². The Kier molecular flexibility index (Phi) is 3.04. The van der Waals surface area contributed by atoms with Gasteiger partial charge in [0.1, 0.15) is 6.10 Å². The van der Waals surface area contributed by atoms with E-state index >= 15 is 0 Å². The Morgan fingerprint density at radius 2 is 2.58 bits per heavy atom. The molecule has 0 aromatic heterocycles. The monoisotopic (exact) mass is 172 g/mol. The second kappa shape index (κ2) is 4.06. The van der Waals surface area contributed by atoms with Gasteiger partial charge in [0.15, 0.2) is 6.21 Å². The van der Waals surface area contributed by atoms with Gasteiger partial charge in [-0.1, -0.05) is 5.16 Å². The summed E-state index contributed by atoms with van der Waals surface area (Å²) in [5.41, 5.74) is 0. The average molecular weight is 172 g/mol. The Labute approximate surface area is 70.4 Å². The third kappa shape index (κ3) is 2.87. The molecule has 0 saturated carbocycles. The SMILES string of the molecule is C[C@@H]1C[C@H](O/N=C/C(=O)O)CN1. The second-order valence-corrected chi connectivity index (χ2v) is 2.85. The lowest BCUT2D eigenvalue weighted by molar-refractivity contribution is -0.129. The summed E-state index contributed by atoms with van der Waals surface area (Å²) in [5, 5.41) is 14.7. The van der Waals surface area contributed by atoms with E-state index in [0.29, 0.717) is 6.04 Å². The molecule has 1 fully saturated rings. The predicted octanol–water partition coefficient (Wildman–Crippen LogP) is -0.176. The van der Waals surface area contributed by atoms with Crippen molar-refractivity contribution in [2.24, 2.45) is 5.16 Å². The van der Waals surface area contributed by atoms with E-state index in [1.807, 2.05) is 6.92 Å². The summed E-state index contributed by atoms with van der Waals surface area (Å²) in [5.74, 6) is -1.09. The number of oxime groups is 1. The third-order valence-electron chi connectivity index (χ3n) is 1.68. The summed E-state index contributed by atoms with van der Waals surface area (Å²) in [7, 11) is 0. The molecule has 2 atom stereocenters. The predicted molar refractivity (Wildman–Crippen MR) is 43.1 cm³/mol. The summed E-state index contributed by atoms with van der Waals surface area (Å²) < 4.78 is 0. The normalized spacial score (nSPS) is 29.4. The van der Waals surface area contributed by atoms with Gasteiger partial charge >= 0.3 is 5.97 Å². The molecule has 0 spiro atoms. The molecule has 0 aliphatic carbocycles. The Balaban J connectivity index is 2.20. The first-order chi connectivity index (χ1) is 5.68. The lowest BCUT2D eigenvalue weighted by Crippen LogP contribution is -2.18. The molecular weight excluding hydrogens is 160 g/mol. The molecule has 68 valence electrons. The summed E-state index contributed by atoms with van der Waals surface area (Å²) in [6.07, 6.45) is 1.63. The van der Waals surface area contributed by atoms with Crippen molar-refractivity contribution in [3.05, 3.63) is 0 Å². The van der Waals surface area contributed by atoms with Crippen LogP contribution in [0, 0.1) is 0 Å². The van der Waals surface area contributed by atoms with Gasteiger partial charge in [-0.2, -0.15) is 0 Å². The molecule has 12 heavy (non-hydrogen) atoms. The lowest BCUT2D eigenvalue weighted by atomic mass is 10.2. The van der Waals surface area contributed by atoms with Gasteiger partial charge in [0, 0.05) is 19.0 Å². The quantitative estimate of drug-likeness (QED) is 0.457. The highest BCUT2D eigenvalue weighted by Crippen LogP contribution is 2.09. The van der Waals surface area contributed by atoms with E-state index in [0.717, 1.165) is 19.2 Å². The van der Waals surface area contributed by atoms with Crippen LogP contribution in [-0.2, 0) is 9.63 Å². The first-order valence-electron chi connectivity index (χ1n) is 3.84. The molecule has 1 aliphatic heterocycles. The average Bonchev–Trinajstić information content (AvgIpc) is 2.35. The van der Waals surface area contributed by atoms with Crippen molar-refractivity contribution in [3.8, 4) is 0 Å². The molecule has 0 aromatic rings. The maximum absolute atomic E-state index is 9.99. The second-order valence-electron chi connectivity index (χ2n) is 2.85. The molecule has 5 heteroatoms. The summed E-state index contributed by atoms with van der Waals surface area (Å²) >= 11 is 0. The molecular formula is C7H12N2O3. The van der Waals surface area contributed by atoms with Crippen molar-refractivity contribution < 1.29 is 14.7 Å². The van der Waals surface area contributed by atoms with Gasteiger partial charge in [-0.25, -0.2) is 4.79 Å². The number of carboxylic acids is 1. The van der Waals surface area contributed by atoms with Crippen LogP contribution in [0.5, 0.6) is 0 Å². The van der Waals surface area contributed by atoms with Crippen LogP contribution in [0.15, 0.2) is 5.16 Å². The van der Waals surface area contributed by atoms with Crippen molar-refractivity contribution in [1.29, 1.82) is 0 Å². The number of aliphatic carboxylic acids is 1. The molecule has 5 nitrogen and oxygen atoms in total. The number of nitrogens with one attached hydrogen (secondary N) is 1. The zero-order valence-corrected chi connectivity index (χ0v) is 6.86. The Hall–Kier alpha value is -1.10. The largest absolute Gasteiger partial charge is 0.477 e. The fourth-order valence-electron chi connectivity index (χ4n) is 1.14. The summed E-state index contributed by atoms with van der Waals surface area (Å²) in [6, 6.07) is 0.426. The maximum atomic E-state index is 9.99. The molecule has 1 aliphatic rings. The van der Waals surface area contributed by atoms with Gasteiger partial charge in [-0.05, 0) is 6.92 Å². The molecule has 0 amide bonds. The van der Waals surface area contributed by atoms with E-state index in [1.165, 1.54) is 0 Å². The minimum absolute atomic E-state index is 0.00981. The number of hydrogen-bond acceptors (Lipinski definition) is 4. The van der Waals surface area contributed by atoms with Crippen LogP contribution in [-0.4, -0.2) is 36.0 Å². The molecule has 0 radical (unpaired) electrons. The first-order valence-corrected chi connectivity index (χ1v) is 3.84. The molecule has 2 N–H and O–H groups in total. The van der Waals surface area contributed by atoms with Crippen LogP contribution in [0.1, 0.15) is 13.3 Å². The van der Waals surface area contributed by atoms with Gasteiger partial charge in [0.05, 0.1) is 0 Å². The number of nitrogens with zero attached hydrogens (tertiary/aromatic N) is 1. The van der Waals surface area contributed by atoms with Gasteiger partial charge in [0.25, 0.3) is 0 Å². The van der Waals surface area contributed by atoms with E-state index in [9.17, 15) is 4.79 Å². The minimum Gasteiger partial charge on any atom is -0.477 e. The van der Waals surface area contributed by atoms with Crippen molar-refractivity contribution >= 4 is 12.2 Å². The van der Waals surface area contributed by atoms with Crippen LogP contribution in [0.4, 0.5) is 0 Å². The van der Waals surface area contributed by atoms with Crippen molar-refractivity contribution in [2.75, 3.05) is 6.54 Å². The summed E-state index contributed by atoms with van der Waals surface area (Å²) in [6.45, 7) is 2.78. The zero-order chi connectivity index (χ0) is 8.97. The Morgan fingerprint density at radius 1 is 1.83 bits per heavy atom. The standard InChI is InChI=1S/C7H12N2O3/c1-5-2-6(3-8-5)12-9-4-7(10)11/h4-6,8H,2-3H2,1H3,(H,10,11)/b9-4+/t5-,6+/m1/s1. The smallest absolute Gasteiger partial charge is 0.350 e. The number of rotatable bonds is 3. The van der Waals surface area contributed by atoms with Crippen LogP contribution < -0.4 is 5.32 Å². The van der Waals surface area contributed by atoms with Crippen LogP contribution in [0.25, 0.3) is 0 Å². The lowest BCUT2D eigenvalue weighted by Gasteiger charge is -2.03. The van der Waals surface area contributed by atoms with E-state index in [2.05, 4.69) is 10.5 Å².